The van der Waals surface area contributed by atoms with Crippen LogP contribution in [0, 0.1) is 0 Å². The van der Waals surface area contributed by atoms with Crippen LogP contribution in [0.1, 0.15) is 31.9 Å². The van der Waals surface area contributed by atoms with E-state index in [2.05, 4.69) is 19.2 Å². The number of primary amides is 1. The Balaban J connectivity index is 1.75. The number of carbonyl (C=O) groups excluding carboxylic acids is 2. The molecule has 0 bridgehead atoms. The van der Waals surface area contributed by atoms with Crippen LogP contribution in [0.25, 0.3) is 0 Å². The zero-order valence-electron chi connectivity index (χ0n) is 16.8. The van der Waals surface area contributed by atoms with Gasteiger partial charge in [-0.2, -0.15) is 11.8 Å². The van der Waals surface area contributed by atoms with E-state index in [4.69, 9.17) is 10.5 Å². The van der Waals surface area contributed by atoms with Crippen molar-refractivity contribution in [3.8, 4) is 11.5 Å². The lowest BCUT2D eigenvalue weighted by Gasteiger charge is -2.38. The third-order valence-electron chi connectivity index (χ3n) is 4.71. The fourth-order valence-corrected chi connectivity index (χ4v) is 4.49. The van der Waals surface area contributed by atoms with Crippen LogP contribution in [-0.2, 0) is 4.79 Å². The molecule has 1 unspecified atom stereocenters. The molecule has 2 aromatic rings. The Bertz CT molecular complexity index is 857. The minimum atomic E-state index is -0.660. The maximum Gasteiger partial charge on any atom is 0.312 e. The van der Waals surface area contributed by atoms with Gasteiger partial charge in [-0.15, -0.1) is 0 Å². The Morgan fingerprint density at radius 1 is 1.17 bits per heavy atom. The van der Waals surface area contributed by atoms with E-state index in [1.807, 2.05) is 71.3 Å². The lowest BCUT2D eigenvalue weighted by molar-refractivity contribution is -0.132. The highest BCUT2D eigenvalue weighted by Gasteiger charge is 2.31. The molecule has 1 fully saturated rings. The molecule has 6 nitrogen and oxygen atoms in total. The number of hydrogen-bond donors (Lipinski definition) is 2. The van der Waals surface area contributed by atoms with Crippen molar-refractivity contribution in [1.82, 2.24) is 10.2 Å². The molecule has 0 spiro atoms. The topological polar surface area (TPSA) is 84.7 Å². The van der Waals surface area contributed by atoms with Crippen molar-refractivity contribution in [2.75, 3.05) is 18.8 Å². The summed E-state index contributed by atoms with van der Waals surface area (Å²) in [7, 11) is 0. The summed E-state index contributed by atoms with van der Waals surface area (Å²) in [5, 5.41) is 2.71. The first kappa shape index (κ1) is 21.0. The summed E-state index contributed by atoms with van der Waals surface area (Å²) < 4.78 is 5.91. The predicted octanol–water partition coefficient (Wildman–Crippen LogP) is 3.93. The number of nitrogens with two attached hydrogens (primary N) is 1. The SMILES string of the molecule is CC1(C)CN(C(=O)CC(NC(N)=O)c2cccc(Oc3ccccc3)c2)CCS1. The third-order valence-corrected chi connectivity index (χ3v) is 6.01. The average Bonchev–Trinajstić information content (AvgIpc) is 2.67. The fraction of sp³-hybridized carbons (Fsp3) is 0.364. The Labute approximate surface area is 175 Å². The average molecular weight is 414 g/mol. The summed E-state index contributed by atoms with van der Waals surface area (Å²) in [6.07, 6.45) is 0.151. The summed E-state index contributed by atoms with van der Waals surface area (Å²) in [5.74, 6) is 2.26. The van der Waals surface area contributed by atoms with Gasteiger partial charge in [-0.25, -0.2) is 4.79 Å². The summed E-state index contributed by atoms with van der Waals surface area (Å²) in [4.78, 5) is 26.4. The molecule has 0 aromatic heterocycles. The molecule has 3 rings (SSSR count). The number of thioether (sulfide) groups is 1. The van der Waals surface area contributed by atoms with Gasteiger partial charge in [0.2, 0.25) is 5.91 Å². The van der Waals surface area contributed by atoms with Crippen molar-refractivity contribution in [2.45, 2.75) is 31.1 Å². The molecule has 154 valence electrons. The summed E-state index contributed by atoms with van der Waals surface area (Å²) in [5.41, 5.74) is 6.15. The van der Waals surface area contributed by atoms with Gasteiger partial charge in [0.15, 0.2) is 0 Å². The summed E-state index contributed by atoms with van der Waals surface area (Å²) in [6, 6.07) is 15.6. The van der Waals surface area contributed by atoms with Crippen LogP contribution in [0.2, 0.25) is 0 Å². The molecular weight excluding hydrogens is 386 g/mol. The zero-order chi connectivity index (χ0) is 20.9. The number of para-hydroxylation sites is 1. The van der Waals surface area contributed by atoms with Gasteiger partial charge in [0.05, 0.1) is 12.5 Å². The van der Waals surface area contributed by atoms with Crippen molar-refractivity contribution in [2.24, 2.45) is 5.73 Å². The molecule has 1 aliphatic heterocycles. The van der Waals surface area contributed by atoms with E-state index in [1.165, 1.54) is 0 Å². The normalized spacial score (nSPS) is 16.7. The predicted molar refractivity (Wildman–Crippen MR) is 116 cm³/mol. The maximum atomic E-state index is 12.9. The number of nitrogens with one attached hydrogen (secondary N) is 1. The van der Waals surface area contributed by atoms with Gasteiger partial charge in [0.25, 0.3) is 0 Å². The molecule has 0 radical (unpaired) electrons. The molecule has 3 N–H and O–H groups in total. The van der Waals surface area contributed by atoms with Gasteiger partial charge in [0.1, 0.15) is 11.5 Å². The number of rotatable bonds is 6. The molecule has 0 aliphatic carbocycles. The maximum absolute atomic E-state index is 12.9. The number of benzene rings is 2. The molecule has 1 saturated heterocycles. The van der Waals surface area contributed by atoms with Crippen LogP contribution in [0.4, 0.5) is 4.79 Å². The van der Waals surface area contributed by atoms with Gasteiger partial charge < -0.3 is 20.7 Å². The molecule has 3 amide bonds. The molecular formula is C22H27N3O3S. The van der Waals surface area contributed by atoms with Crippen LogP contribution in [0.15, 0.2) is 54.6 Å². The highest BCUT2D eigenvalue weighted by atomic mass is 32.2. The minimum absolute atomic E-state index is 0.00602. The van der Waals surface area contributed by atoms with Crippen LogP contribution in [0.5, 0.6) is 11.5 Å². The van der Waals surface area contributed by atoms with Gasteiger partial charge in [0, 0.05) is 23.6 Å². The number of nitrogens with zero attached hydrogens (tertiary/aromatic N) is 1. The highest BCUT2D eigenvalue weighted by Crippen LogP contribution is 2.31. The Morgan fingerprint density at radius 3 is 2.59 bits per heavy atom. The van der Waals surface area contributed by atoms with Crippen molar-refractivity contribution < 1.29 is 14.3 Å². The second kappa shape index (κ2) is 9.22. The van der Waals surface area contributed by atoms with E-state index < -0.39 is 12.1 Å². The first-order valence-corrected chi connectivity index (χ1v) is 10.6. The Kier molecular flexibility index (Phi) is 6.69. The van der Waals surface area contributed by atoms with E-state index in [9.17, 15) is 9.59 Å². The number of amides is 3. The second-order valence-electron chi connectivity index (χ2n) is 7.68. The number of ether oxygens (including phenoxy) is 1. The first-order chi connectivity index (χ1) is 13.8. The molecule has 0 saturated carbocycles. The lowest BCUT2D eigenvalue weighted by Crippen LogP contribution is -2.47. The molecule has 1 heterocycles. The van der Waals surface area contributed by atoms with Crippen molar-refractivity contribution in [3.63, 3.8) is 0 Å². The molecule has 7 heteroatoms. The van der Waals surface area contributed by atoms with Crippen LogP contribution >= 0.6 is 11.8 Å². The van der Waals surface area contributed by atoms with Gasteiger partial charge in [-0.3, -0.25) is 4.79 Å². The van der Waals surface area contributed by atoms with Gasteiger partial charge in [-0.1, -0.05) is 30.3 Å². The standard InChI is InChI=1S/C22H27N3O3S/c1-22(2)15-25(11-12-29-22)20(26)14-19(24-21(23)27)16-7-6-10-18(13-16)28-17-8-4-3-5-9-17/h3-10,13,19H,11-12,14-15H2,1-2H3,(H3,23,24,27). The van der Waals surface area contributed by atoms with E-state index in [1.54, 1.807) is 0 Å². The number of urea groups is 1. The summed E-state index contributed by atoms with van der Waals surface area (Å²) >= 11 is 1.87. The van der Waals surface area contributed by atoms with Crippen LogP contribution in [-0.4, -0.2) is 40.4 Å². The smallest absolute Gasteiger partial charge is 0.312 e. The summed E-state index contributed by atoms with van der Waals surface area (Å²) in [6.45, 7) is 5.69. The lowest BCUT2D eigenvalue weighted by atomic mass is 10.0. The van der Waals surface area contributed by atoms with E-state index >= 15 is 0 Å². The Morgan fingerprint density at radius 2 is 1.90 bits per heavy atom. The molecule has 1 aliphatic rings. The first-order valence-electron chi connectivity index (χ1n) is 9.63. The highest BCUT2D eigenvalue weighted by molar-refractivity contribution is 8.00. The van der Waals surface area contributed by atoms with E-state index in [0.717, 1.165) is 11.3 Å². The van der Waals surface area contributed by atoms with Gasteiger partial charge >= 0.3 is 6.03 Å². The molecule has 1 atom stereocenters. The van der Waals surface area contributed by atoms with Crippen molar-refractivity contribution in [3.05, 3.63) is 60.2 Å². The van der Waals surface area contributed by atoms with E-state index in [-0.39, 0.29) is 17.1 Å². The zero-order valence-corrected chi connectivity index (χ0v) is 17.6. The number of carbonyl (C=O) groups is 2. The minimum Gasteiger partial charge on any atom is -0.457 e. The molecule has 29 heavy (non-hydrogen) atoms. The Hall–Kier alpha value is -2.67. The van der Waals surface area contributed by atoms with Gasteiger partial charge in [-0.05, 0) is 43.7 Å². The second-order valence-corrected chi connectivity index (χ2v) is 9.48. The number of hydrogen-bond acceptors (Lipinski definition) is 4. The third kappa shape index (κ3) is 6.15. The van der Waals surface area contributed by atoms with Crippen LogP contribution < -0.4 is 15.8 Å². The largest absolute Gasteiger partial charge is 0.457 e. The molecule has 2 aromatic carbocycles. The monoisotopic (exact) mass is 413 g/mol. The van der Waals surface area contributed by atoms with E-state index in [0.29, 0.717) is 24.6 Å². The fourth-order valence-electron chi connectivity index (χ4n) is 3.38. The quantitative estimate of drug-likeness (QED) is 0.751. The van der Waals surface area contributed by atoms with Crippen molar-refractivity contribution in [1.29, 1.82) is 0 Å². The van der Waals surface area contributed by atoms with Crippen molar-refractivity contribution >= 4 is 23.7 Å². The van der Waals surface area contributed by atoms with Crippen LogP contribution in [0.3, 0.4) is 0 Å².